The van der Waals surface area contributed by atoms with Gasteiger partial charge >= 0.3 is 0 Å². The van der Waals surface area contributed by atoms with Gasteiger partial charge in [-0.2, -0.15) is 0 Å². The summed E-state index contributed by atoms with van der Waals surface area (Å²) in [5.41, 5.74) is 0.511. The van der Waals surface area contributed by atoms with E-state index in [0.717, 1.165) is 6.26 Å². The molecule has 0 aliphatic heterocycles. The number of likely N-dealkylation sites (N-methyl/N-ethyl adjacent to an activating group) is 1. The number of Topliss-reactive ketones (excluding diaryl/α,β-unsaturated/α-hetero) is 1. The van der Waals surface area contributed by atoms with Crippen LogP contribution in [0, 0.1) is 0 Å². The average Bonchev–Trinajstić information content (AvgIpc) is 2.17. The first kappa shape index (κ1) is 11.9. The lowest BCUT2D eigenvalue weighted by Gasteiger charge is -2.01. The summed E-state index contributed by atoms with van der Waals surface area (Å²) in [6.45, 7) is 0.248. The molecule has 0 heterocycles. The highest BCUT2D eigenvalue weighted by Gasteiger charge is 2.08. The van der Waals surface area contributed by atoms with E-state index < -0.39 is 9.84 Å². The van der Waals surface area contributed by atoms with Crippen molar-refractivity contribution in [2.45, 2.75) is 4.90 Å². The van der Waals surface area contributed by atoms with Crippen molar-refractivity contribution in [3.8, 4) is 0 Å². The van der Waals surface area contributed by atoms with Gasteiger partial charge in [0, 0.05) is 11.8 Å². The molecule has 0 spiro atoms. The highest BCUT2D eigenvalue weighted by Crippen LogP contribution is 2.10. The van der Waals surface area contributed by atoms with Gasteiger partial charge in [-0.15, -0.1) is 0 Å². The van der Waals surface area contributed by atoms with Crippen molar-refractivity contribution < 1.29 is 13.2 Å². The van der Waals surface area contributed by atoms with Crippen molar-refractivity contribution in [1.29, 1.82) is 0 Å². The molecule has 0 aromatic heterocycles. The van der Waals surface area contributed by atoms with Crippen LogP contribution in [0.25, 0.3) is 0 Å². The fraction of sp³-hybridized carbons (Fsp3) is 0.300. The first-order chi connectivity index (χ1) is 6.95. The molecule has 82 valence electrons. The monoisotopic (exact) mass is 227 g/mol. The molecule has 4 nitrogen and oxygen atoms in total. The Hall–Kier alpha value is -1.20. The van der Waals surface area contributed by atoms with Gasteiger partial charge in [0.1, 0.15) is 0 Å². The first-order valence-electron chi connectivity index (χ1n) is 4.43. The molecule has 1 rings (SSSR count). The molecule has 0 saturated carbocycles. The summed E-state index contributed by atoms with van der Waals surface area (Å²) in [6.07, 6.45) is 1.14. The second kappa shape index (κ2) is 4.55. The zero-order chi connectivity index (χ0) is 11.5. The Morgan fingerprint density at radius 2 is 1.80 bits per heavy atom. The minimum Gasteiger partial charge on any atom is -0.313 e. The van der Waals surface area contributed by atoms with Crippen molar-refractivity contribution in [1.82, 2.24) is 5.32 Å². The van der Waals surface area contributed by atoms with Gasteiger partial charge in [0.25, 0.3) is 0 Å². The van der Waals surface area contributed by atoms with E-state index in [4.69, 9.17) is 0 Å². The minimum atomic E-state index is -3.18. The molecule has 0 aliphatic rings. The second-order valence-electron chi connectivity index (χ2n) is 3.25. The minimum absolute atomic E-state index is 0.0578. The highest BCUT2D eigenvalue weighted by atomic mass is 32.2. The first-order valence-corrected chi connectivity index (χ1v) is 6.32. The second-order valence-corrected chi connectivity index (χ2v) is 5.27. The molecule has 0 saturated heterocycles. The zero-order valence-electron chi connectivity index (χ0n) is 8.65. The van der Waals surface area contributed by atoms with Gasteiger partial charge in [0.05, 0.1) is 11.4 Å². The van der Waals surface area contributed by atoms with Crippen molar-refractivity contribution >= 4 is 15.6 Å². The molecule has 1 aromatic rings. The Balaban J connectivity index is 2.96. The number of carbonyl (C=O) groups excluding carboxylic acids is 1. The van der Waals surface area contributed by atoms with E-state index in [2.05, 4.69) is 5.32 Å². The number of hydrogen-bond acceptors (Lipinski definition) is 4. The third-order valence-electron chi connectivity index (χ3n) is 1.94. The predicted octanol–water partition coefficient (Wildman–Crippen LogP) is 0.492. The van der Waals surface area contributed by atoms with E-state index in [-0.39, 0.29) is 17.2 Å². The van der Waals surface area contributed by atoms with E-state index in [9.17, 15) is 13.2 Å². The topological polar surface area (TPSA) is 63.2 Å². The maximum Gasteiger partial charge on any atom is 0.176 e. The van der Waals surface area contributed by atoms with E-state index in [0.29, 0.717) is 5.56 Å². The molecule has 15 heavy (non-hydrogen) atoms. The van der Waals surface area contributed by atoms with Gasteiger partial charge in [-0.25, -0.2) is 8.42 Å². The fourth-order valence-corrected chi connectivity index (χ4v) is 1.78. The fourth-order valence-electron chi connectivity index (χ4n) is 1.15. The Kier molecular flexibility index (Phi) is 3.60. The third kappa shape index (κ3) is 3.14. The summed E-state index contributed by atoms with van der Waals surface area (Å²) >= 11 is 0. The lowest BCUT2D eigenvalue weighted by molar-refractivity contribution is 0.0993. The van der Waals surface area contributed by atoms with Crippen LogP contribution in [-0.4, -0.2) is 34.0 Å². The largest absolute Gasteiger partial charge is 0.313 e. The van der Waals surface area contributed by atoms with Gasteiger partial charge in [-0.3, -0.25) is 4.79 Å². The Bertz CT molecular complexity index is 448. The van der Waals surface area contributed by atoms with E-state index in [1.54, 1.807) is 7.05 Å². The average molecular weight is 227 g/mol. The van der Waals surface area contributed by atoms with Crippen LogP contribution in [0.4, 0.5) is 0 Å². The lowest BCUT2D eigenvalue weighted by Crippen LogP contribution is -2.18. The standard InChI is InChI=1S/C10H13NO3S/c1-11-7-10(12)8-3-5-9(6-4-8)15(2,13)14/h3-6,11H,7H2,1-2H3. The van der Waals surface area contributed by atoms with Crippen LogP contribution >= 0.6 is 0 Å². The quantitative estimate of drug-likeness (QED) is 0.760. The molecule has 1 aromatic carbocycles. The van der Waals surface area contributed by atoms with Gasteiger partial charge in [0.2, 0.25) is 0 Å². The summed E-state index contributed by atoms with van der Waals surface area (Å²) in [5, 5.41) is 2.74. The molecule has 0 atom stereocenters. The summed E-state index contributed by atoms with van der Waals surface area (Å²) in [7, 11) is -1.50. The molecular weight excluding hydrogens is 214 g/mol. The molecule has 0 radical (unpaired) electrons. The number of carbonyl (C=O) groups is 1. The summed E-state index contributed by atoms with van der Waals surface area (Å²) < 4.78 is 22.3. The number of ketones is 1. The highest BCUT2D eigenvalue weighted by molar-refractivity contribution is 7.90. The number of hydrogen-bond donors (Lipinski definition) is 1. The summed E-state index contributed by atoms with van der Waals surface area (Å²) in [5.74, 6) is -0.0578. The zero-order valence-corrected chi connectivity index (χ0v) is 9.47. The molecule has 0 amide bonds. The van der Waals surface area contributed by atoms with Crippen LogP contribution in [0.1, 0.15) is 10.4 Å². The molecule has 0 unspecified atom stereocenters. The van der Waals surface area contributed by atoms with Gasteiger partial charge in [-0.05, 0) is 19.2 Å². The van der Waals surface area contributed by atoms with E-state index in [1.807, 2.05) is 0 Å². The molecule has 1 N–H and O–H groups in total. The molecular formula is C10H13NO3S. The van der Waals surface area contributed by atoms with Crippen LogP contribution in [-0.2, 0) is 9.84 Å². The van der Waals surface area contributed by atoms with E-state index in [1.165, 1.54) is 24.3 Å². The Morgan fingerprint density at radius 1 is 1.27 bits per heavy atom. The van der Waals surface area contributed by atoms with Crippen LogP contribution in [0.15, 0.2) is 29.2 Å². The van der Waals surface area contributed by atoms with Crippen molar-refractivity contribution in [2.75, 3.05) is 19.8 Å². The number of benzene rings is 1. The maximum atomic E-state index is 11.4. The van der Waals surface area contributed by atoms with Crippen molar-refractivity contribution in [3.63, 3.8) is 0 Å². The Labute approximate surface area is 89.2 Å². The number of nitrogens with one attached hydrogen (secondary N) is 1. The Morgan fingerprint density at radius 3 is 2.20 bits per heavy atom. The molecule has 0 fully saturated rings. The normalized spacial score (nSPS) is 11.3. The summed E-state index contributed by atoms with van der Waals surface area (Å²) in [4.78, 5) is 11.6. The van der Waals surface area contributed by atoms with Gasteiger partial charge in [-0.1, -0.05) is 12.1 Å². The van der Waals surface area contributed by atoms with Gasteiger partial charge in [0.15, 0.2) is 15.6 Å². The smallest absolute Gasteiger partial charge is 0.176 e. The van der Waals surface area contributed by atoms with Crippen LogP contribution < -0.4 is 5.32 Å². The van der Waals surface area contributed by atoms with E-state index >= 15 is 0 Å². The number of rotatable bonds is 4. The van der Waals surface area contributed by atoms with Crippen LogP contribution in [0.5, 0.6) is 0 Å². The van der Waals surface area contributed by atoms with Crippen molar-refractivity contribution in [3.05, 3.63) is 29.8 Å². The van der Waals surface area contributed by atoms with Gasteiger partial charge < -0.3 is 5.32 Å². The van der Waals surface area contributed by atoms with Crippen molar-refractivity contribution in [2.24, 2.45) is 0 Å². The maximum absolute atomic E-state index is 11.4. The van der Waals surface area contributed by atoms with Crippen LogP contribution in [0.3, 0.4) is 0 Å². The molecule has 0 bridgehead atoms. The molecule has 0 aliphatic carbocycles. The lowest BCUT2D eigenvalue weighted by atomic mass is 10.1. The molecule has 5 heteroatoms. The number of sulfone groups is 1. The predicted molar refractivity (Wildman–Crippen MR) is 57.8 cm³/mol. The third-order valence-corrected chi connectivity index (χ3v) is 3.07. The summed E-state index contributed by atoms with van der Waals surface area (Å²) in [6, 6.07) is 5.93. The SMILES string of the molecule is CNCC(=O)c1ccc(S(C)(=O)=O)cc1. The van der Waals surface area contributed by atoms with Crippen LogP contribution in [0.2, 0.25) is 0 Å².